The number of rotatable bonds is 9. The first-order valence-electron chi connectivity index (χ1n) is 8.23. The maximum Gasteiger partial charge on any atom is 0.303 e. The van der Waals surface area contributed by atoms with Crippen molar-refractivity contribution in [3.63, 3.8) is 0 Å². The van der Waals surface area contributed by atoms with Gasteiger partial charge < -0.3 is 10.2 Å². The van der Waals surface area contributed by atoms with Crippen molar-refractivity contribution < 1.29 is 19.8 Å². The van der Waals surface area contributed by atoms with Crippen LogP contribution in [0.4, 0.5) is 11.4 Å². The zero-order chi connectivity index (χ0) is 19.0. The highest BCUT2D eigenvalue weighted by Gasteiger charge is 1.98. The number of carboxylic acid groups (broad SMARTS) is 2. The largest absolute Gasteiger partial charge is 0.481 e. The Balaban J connectivity index is 0.000000265. The Labute approximate surface area is 151 Å². The van der Waals surface area contributed by atoms with Crippen molar-refractivity contribution in [2.75, 3.05) is 0 Å². The molecule has 0 aromatic carbocycles. The summed E-state index contributed by atoms with van der Waals surface area (Å²) in [6, 6.07) is 7.31. The minimum atomic E-state index is -0.784. The summed E-state index contributed by atoms with van der Waals surface area (Å²) in [5.41, 5.74) is 1.47. The third-order valence-corrected chi connectivity index (χ3v) is 3.10. The molecule has 0 fully saturated rings. The SMILES string of the molecule is O=C(O)CCCCCCC(=O)O.c1cncc(N=Nc2cccnc2)c1. The number of nitrogens with zero attached hydrogens (tertiary/aromatic N) is 4. The summed E-state index contributed by atoms with van der Waals surface area (Å²) in [7, 11) is 0. The zero-order valence-electron chi connectivity index (χ0n) is 14.4. The second kappa shape index (κ2) is 13.2. The van der Waals surface area contributed by atoms with Crippen molar-refractivity contribution >= 4 is 23.3 Å². The van der Waals surface area contributed by atoms with Gasteiger partial charge in [0.15, 0.2) is 0 Å². The van der Waals surface area contributed by atoms with Gasteiger partial charge in [0.1, 0.15) is 11.4 Å². The molecule has 0 aliphatic rings. The third-order valence-electron chi connectivity index (χ3n) is 3.10. The van der Waals surface area contributed by atoms with Crippen molar-refractivity contribution in [3.05, 3.63) is 49.1 Å². The van der Waals surface area contributed by atoms with Gasteiger partial charge in [-0.2, -0.15) is 0 Å². The van der Waals surface area contributed by atoms with Crippen LogP contribution in [0.1, 0.15) is 38.5 Å². The minimum Gasteiger partial charge on any atom is -0.481 e. The molecule has 2 N–H and O–H groups in total. The molecule has 2 rings (SSSR count). The molecule has 138 valence electrons. The first-order chi connectivity index (χ1) is 12.6. The summed E-state index contributed by atoms with van der Waals surface area (Å²) in [6.07, 6.45) is 9.98. The van der Waals surface area contributed by atoms with E-state index < -0.39 is 11.9 Å². The van der Waals surface area contributed by atoms with E-state index in [2.05, 4.69) is 20.2 Å². The van der Waals surface area contributed by atoms with E-state index in [1.165, 1.54) is 0 Å². The number of aliphatic carboxylic acids is 2. The Kier molecular flexibility index (Phi) is 10.6. The fourth-order valence-corrected chi connectivity index (χ4v) is 1.85. The van der Waals surface area contributed by atoms with Crippen LogP contribution < -0.4 is 0 Å². The lowest BCUT2D eigenvalue weighted by molar-refractivity contribution is -0.138. The smallest absolute Gasteiger partial charge is 0.303 e. The molecule has 8 nitrogen and oxygen atoms in total. The number of hydrogen-bond donors (Lipinski definition) is 2. The van der Waals surface area contributed by atoms with Crippen molar-refractivity contribution in [2.45, 2.75) is 38.5 Å². The lowest BCUT2D eigenvalue weighted by Crippen LogP contribution is -1.95. The molecule has 0 saturated carbocycles. The number of aromatic nitrogens is 2. The predicted molar refractivity (Wildman–Crippen MR) is 95.6 cm³/mol. The molecule has 0 aliphatic heterocycles. The van der Waals surface area contributed by atoms with Crippen LogP contribution in [0.3, 0.4) is 0 Å². The monoisotopic (exact) mass is 358 g/mol. The van der Waals surface area contributed by atoms with Crippen LogP contribution in [0.25, 0.3) is 0 Å². The Hall–Kier alpha value is -3.16. The molecular weight excluding hydrogens is 336 g/mol. The van der Waals surface area contributed by atoms with E-state index in [0.717, 1.165) is 24.2 Å². The van der Waals surface area contributed by atoms with Crippen LogP contribution >= 0.6 is 0 Å². The standard InChI is InChI=1S/C10H8N4.C8H14O4/c1-3-9(7-11-5-1)13-14-10-4-2-6-12-8-10;9-7(10)5-3-1-2-4-6-8(11)12/h1-8H;1-6H2,(H,9,10)(H,11,12). The second-order valence-electron chi connectivity index (χ2n) is 5.32. The van der Waals surface area contributed by atoms with Gasteiger partial charge in [-0.25, -0.2) is 0 Å². The lowest BCUT2D eigenvalue weighted by Gasteiger charge is -1.96. The van der Waals surface area contributed by atoms with E-state index in [1.807, 2.05) is 24.3 Å². The fraction of sp³-hybridized carbons (Fsp3) is 0.333. The van der Waals surface area contributed by atoms with E-state index in [9.17, 15) is 9.59 Å². The molecular formula is C18H22N4O4. The minimum absolute atomic E-state index is 0.188. The van der Waals surface area contributed by atoms with Gasteiger partial charge in [-0.15, -0.1) is 10.2 Å². The molecule has 0 aliphatic carbocycles. The summed E-state index contributed by atoms with van der Waals surface area (Å²) < 4.78 is 0. The van der Waals surface area contributed by atoms with Crippen molar-refractivity contribution in [1.82, 2.24) is 9.97 Å². The Bertz CT molecular complexity index is 619. The van der Waals surface area contributed by atoms with Gasteiger partial charge in [-0.3, -0.25) is 19.6 Å². The van der Waals surface area contributed by atoms with Crippen molar-refractivity contribution in [2.24, 2.45) is 10.2 Å². The molecule has 26 heavy (non-hydrogen) atoms. The quantitative estimate of drug-likeness (QED) is 0.506. The average molecular weight is 358 g/mol. The molecule has 0 spiro atoms. The van der Waals surface area contributed by atoms with Gasteiger partial charge in [-0.1, -0.05) is 12.8 Å². The first kappa shape index (κ1) is 20.9. The molecule has 2 heterocycles. The molecule has 8 heteroatoms. The van der Waals surface area contributed by atoms with Crippen LogP contribution in [0.2, 0.25) is 0 Å². The number of pyridine rings is 2. The van der Waals surface area contributed by atoms with Crippen LogP contribution in [-0.2, 0) is 9.59 Å². The second-order valence-corrected chi connectivity index (χ2v) is 5.32. The normalized spacial score (nSPS) is 10.2. The maximum atomic E-state index is 10.0. The first-order valence-corrected chi connectivity index (χ1v) is 8.23. The predicted octanol–water partition coefficient (Wildman–Crippen LogP) is 4.39. The highest BCUT2D eigenvalue weighted by molar-refractivity contribution is 5.66. The number of unbranched alkanes of at least 4 members (excludes halogenated alkanes) is 3. The molecule has 0 unspecified atom stereocenters. The van der Waals surface area contributed by atoms with Gasteiger partial charge in [0.2, 0.25) is 0 Å². The zero-order valence-corrected chi connectivity index (χ0v) is 14.4. The van der Waals surface area contributed by atoms with Gasteiger partial charge >= 0.3 is 11.9 Å². The van der Waals surface area contributed by atoms with Crippen LogP contribution in [-0.4, -0.2) is 32.1 Å². The Morgan fingerprint density at radius 3 is 1.50 bits per heavy atom. The fourth-order valence-electron chi connectivity index (χ4n) is 1.85. The topological polar surface area (TPSA) is 125 Å². The average Bonchev–Trinajstić information content (AvgIpc) is 2.65. The van der Waals surface area contributed by atoms with Gasteiger partial charge in [0.25, 0.3) is 0 Å². The van der Waals surface area contributed by atoms with Crippen LogP contribution in [0.5, 0.6) is 0 Å². The number of carbonyl (C=O) groups is 2. The van der Waals surface area contributed by atoms with E-state index in [-0.39, 0.29) is 12.8 Å². The van der Waals surface area contributed by atoms with E-state index in [4.69, 9.17) is 10.2 Å². The summed E-state index contributed by atoms with van der Waals surface area (Å²) in [5, 5.41) is 24.5. The molecule has 2 aromatic rings. The maximum absolute atomic E-state index is 10.0. The summed E-state index contributed by atoms with van der Waals surface area (Å²) in [5.74, 6) is -1.57. The van der Waals surface area contributed by atoms with E-state index in [1.54, 1.807) is 24.8 Å². The highest BCUT2D eigenvalue weighted by atomic mass is 16.4. The highest BCUT2D eigenvalue weighted by Crippen LogP contribution is 2.14. The van der Waals surface area contributed by atoms with Gasteiger partial charge in [0.05, 0.1) is 12.4 Å². The molecule has 0 radical (unpaired) electrons. The van der Waals surface area contributed by atoms with Crippen LogP contribution in [0.15, 0.2) is 59.3 Å². The third kappa shape index (κ3) is 11.4. The lowest BCUT2D eigenvalue weighted by atomic mass is 10.1. The van der Waals surface area contributed by atoms with Crippen molar-refractivity contribution in [1.29, 1.82) is 0 Å². The van der Waals surface area contributed by atoms with Gasteiger partial charge in [-0.05, 0) is 37.1 Å². The molecule has 2 aromatic heterocycles. The van der Waals surface area contributed by atoms with Crippen LogP contribution in [0, 0.1) is 0 Å². The number of carboxylic acids is 2. The molecule has 0 saturated heterocycles. The van der Waals surface area contributed by atoms with E-state index >= 15 is 0 Å². The summed E-state index contributed by atoms with van der Waals surface area (Å²) in [6.45, 7) is 0. The van der Waals surface area contributed by atoms with Gasteiger partial charge in [0, 0.05) is 25.2 Å². The molecule has 0 amide bonds. The van der Waals surface area contributed by atoms with E-state index in [0.29, 0.717) is 12.8 Å². The summed E-state index contributed by atoms with van der Waals surface area (Å²) >= 11 is 0. The Morgan fingerprint density at radius 1 is 0.769 bits per heavy atom. The Morgan fingerprint density at radius 2 is 1.19 bits per heavy atom. The molecule has 0 atom stereocenters. The molecule has 0 bridgehead atoms. The summed E-state index contributed by atoms with van der Waals surface area (Å²) in [4.78, 5) is 27.9. The number of azo groups is 1. The number of hydrogen-bond acceptors (Lipinski definition) is 6. The van der Waals surface area contributed by atoms with Crippen molar-refractivity contribution in [3.8, 4) is 0 Å².